The molecule has 2 heterocycles. The van der Waals surface area contributed by atoms with E-state index in [0.717, 1.165) is 0 Å². The minimum absolute atomic E-state index is 0.304. The highest BCUT2D eigenvalue weighted by molar-refractivity contribution is 4.94. The molecule has 2 aliphatic heterocycles. The largest absolute Gasteiger partial charge is 0.376 e. The fraction of sp³-hybridized carbons (Fsp3) is 1.00. The van der Waals surface area contributed by atoms with Crippen molar-refractivity contribution in [3.8, 4) is 0 Å². The Hall–Kier alpha value is -0.360. The van der Waals surface area contributed by atoms with Crippen molar-refractivity contribution in [1.29, 1.82) is 0 Å². The first kappa shape index (κ1) is 21.9. The molecule has 0 bridgehead atoms. The summed E-state index contributed by atoms with van der Waals surface area (Å²) in [6.07, 6.45) is -5.72. The molecule has 0 saturated carbocycles. The molecule has 2 rings (SSSR count). The van der Waals surface area contributed by atoms with E-state index >= 15 is 0 Å². The molecule has 10 atom stereocenters. The highest BCUT2D eigenvalue weighted by Crippen LogP contribution is 2.32. The first-order valence-corrected chi connectivity index (χ1v) is 8.71. The zero-order valence-electron chi connectivity index (χ0n) is 16.5. The van der Waals surface area contributed by atoms with Crippen molar-refractivity contribution < 1.29 is 43.0 Å². The molecule has 2 fully saturated rings. The van der Waals surface area contributed by atoms with Gasteiger partial charge in [0.25, 0.3) is 0 Å². The maximum Gasteiger partial charge on any atom is 0.187 e. The molecular formula is C17H32O9. The first-order chi connectivity index (χ1) is 12.4. The highest BCUT2D eigenvalue weighted by atomic mass is 16.7. The molecule has 2 saturated heterocycles. The van der Waals surface area contributed by atoms with Gasteiger partial charge in [-0.25, -0.2) is 0 Å². The molecule has 0 aromatic carbocycles. The SMILES string of the molecule is CO[C@@H]1[C@@H](OC)[C@H](C)O[C@@H](O)[C@@H]1O[C@@H]1O[C@@H](C)[C@H](OC)[C@@H](OC)[C@H]1OC. The number of aliphatic hydroxyl groups is 1. The van der Waals surface area contributed by atoms with Crippen molar-refractivity contribution in [3.05, 3.63) is 0 Å². The number of methoxy groups -OCH3 is 5. The Balaban J connectivity index is 2.20. The predicted molar refractivity (Wildman–Crippen MR) is 89.7 cm³/mol. The highest BCUT2D eigenvalue weighted by Gasteiger charge is 2.51. The van der Waals surface area contributed by atoms with E-state index in [-0.39, 0.29) is 18.3 Å². The molecule has 26 heavy (non-hydrogen) atoms. The lowest BCUT2D eigenvalue weighted by Gasteiger charge is -2.47. The monoisotopic (exact) mass is 380 g/mol. The van der Waals surface area contributed by atoms with Crippen molar-refractivity contribution in [3.63, 3.8) is 0 Å². The molecule has 0 radical (unpaired) electrons. The molecule has 0 aromatic rings. The zero-order valence-corrected chi connectivity index (χ0v) is 16.5. The number of rotatable bonds is 7. The van der Waals surface area contributed by atoms with Gasteiger partial charge in [-0.05, 0) is 13.8 Å². The Kier molecular flexibility index (Phi) is 8.20. The lowest BCUT2D eigenvalue weighted by molar-refractivity contribution is -0.363. The van der Waals surface area contributed by atoms with Gasteiger partial charge in [0.05, 0.1) is 12.2 Å². The van der Waals surface area contributed by atoms with E-state index in [2.05, 4.69) is 0 Å². The minimum atomic E-state index is -1.20. The van der Waals surface area contributed by atoms with E-state index < -0.39 is 43.1 Å². The minimum Gasteiger partial charge on any atom is -0.376 e. The third kappa shape index (κ3) is 4.21. The summed E-state index contributed by atoms with van der Waals surface area (Å²) in [4.78, 5) is 0. The predicted octanol–water partition coefficient (Wildman–Crippen LogP) is -0.0715. The molecule has 0 amide bonds. The molecule has 0 spiro atoms. The summed E-state index contributed by atoms with van der Waals surface area (Å²) in [6, 6.07) is 0. The van der Waals surface area contributed by atoms with Crippen molar-refractivity contribution in [2.24, 2.45) is 0 Å². The number of ether oxygens (including phenoxy) is 8. The van der Waals surface area contributed by atoms with Crippen LogP contribution in [0.2, 0.25) is 0 Å². The van der Waals surface area contributed by atoms with Gasteiger partial charge in [-0.15, -0.1) is 0 Å². The van der Waals surface area contributed by atoms with Gasteiger partial charge >= 0.3 is 0 Å². The van der Waals surface area contributed by atoms with Crippen LogP contribution in [0.1, 0.15) is 13.8 Å². The fourth-order valence-corrected chi connectivity index (χ4v) is 3.81. The lowest BCUT2D eigenvalue weighted by atomic mass is 9.97. The van der Waals surface area contributed by atoms with Crippen LogP contribution in [0.3, 0.4) is 0 Å². The van der Waals surface area contributed by atoms with E-state index in [1.165, 1.54) is 7.11 Å². The Morgan fingerprint density at radius 2 is 1.00 bits per heavy atom. The van der Waals surface area contributed by atoms with E-state index in [4.69, 9.17) is 37.9 Å². The van der Waals surface area contributed by atoms with Crippen molar-refractivity contribution in [2.45, 2.75) is 75.3 Å². The van der Waals surface area contributed by atoms with Crippen molar-refractivity contribution in [2.75, 3.05) is 35.5 Å². The van der Waals surface area contributed by atoms with Crippen LogP contribution >= 0.6 is 0 Å². The maximum atomic E-state index is 10.4. The van der Waals surface area contributed by atoms with Crippen LogP contribution in [-0.4, -0.2) is 102 Å². The normalized spacial score (nSPS) is 47.1. The molecule has 1 N–H and O–H groups in total. The summed E-state index contributed by atoms with van der Waals surface area (Å²) in [5, 5.41) is 10.4. The van der Waals surface area contributed by atoms with Crippen LogP contribution < -0.4 is 0 Å². The first-order valence-electron chi connectivity index (χ1n) is 8.71. The number of hydrogen-bond donors (Lipinski definition) is 1. The van der Waals surface area contributed by atoms with Crippen molar-refractivity contribution in [1.82, 2.24) is 0 Å². The third-order valence-corrected chi connectivity index (χ3v) is 5.12. The van der Waals surface area contributed by atoms with Gasteiger partial charge in [0, 0.05) is 35.5 Å². The lowest BCUT2D eigenvalue weighted by Crippen LogP contribution is -2.64. The van der Waals surface area contributed by atoms with Crippen LogP contribution in [0.4, 0.5) is 0 Å². The molecule has 0 unspecified atom stereocenters. The second kappa shape index (κ2) is 9.72. The van der Waals surface area contributed by atoms with Gasteiger partial charge < -0.3 is 43.0 Å². The van der Waals surface area contributed by atoms with Crippen LogP contribution in [0.15, 0.2) is 0 Å². The molecule has 0 aliphatic carbocycles. The smallest absolute Gasteiger partial charge is 0.187 e. The number of hydrogen-bond acceptors (Lipinski definition) is 9. The van der Waals surface area contributed by atoms with E-state index in [9.17, 15) is 5.11 Å². The Morgan fingerprint density at radius 1 is 0.577 bits per heavy atom. The van der Waals surface area contributed by atoms with Gasteiger partial charge in [0.1, 0.15) is 36.6 Å². The summed E-state index contributed by atoms with van der Waals surface area (Å²) < 4.78 is 45.2. The molecule has 9 nitrogen and oxygen atoms in total. The van der Waals surface area contributed by atoms with Gasteiger partial charge in [0.15, 0.2) is 12.6 Å². The van der Waals surface area contributed by atoms with Gasteiger partial charge in [-0.2, -0.15) is 0 Å². The van der Waals surface area contributed by atoms with Gasteiger partial charge in [-0.3, -0.25) is 0 Å². The molecule has 9 heteroatoms. The maximum absolute atomic E-state index is 10.4. The Morgan fingerprint density at radius 3 is 1.46 bits per heavy atom. The van der Waals surface area contributed by atoms with Gasteiger partial charge in [-0.1, -0.05) is 0 Å². The van der Waals surface area contributed by atoms with E-state index in [0.29, 0.717) is 0 Å². The summed E-state index contributed by atoms with van der Waals surface area (Å²) in [5.74, 6) is 0. The third-order valence-electron chi connectivity index (χ3n) is 5.12. The van der Waals surface area contributed by atoms with Crippen molar-refractivity contribution >= 4 is 0 Å². The molecule has 0 aromatic heterocycles. The summed E-state index contributed by atoms with van der Waals surface area (Å²) >= 11 is 0. The fourth-order valence-electron chi connectivity index (χ4n) is 3.81. The van der Waals surface area contributed by atoms with Crippen LogP contribution in [0, 0.1) is 0 Å². The quantitative estimate of drug-likeness (QED) is 0.651. The zero-order chi connectivity index (χ0) is 19.4. The topological polar surface area (TPSA) is 94.1 Å². The van der Waals surface area contributed by atoms with E-state index in [1.54, 1.807) is 35.4 Å². The summed E-state index contributed by atoms with van der Waals surface area (Å²) in [5.41, 5.74) is 0. The molecule has 154 valence electrons. The average Bonchev–Trinajstić information content (AvgIpc) is 2.62. The van der Waals surface area contributed by atoms with E-state index in [1.807, 2.05) is 6.92 Å². The molecule has 2 aliphatic rings. The summed E-state index contributed by atoms with van der Waals surface area (Å²) in [6.45, 7) is 3.67. The number of aliphatic hydroxyl groups excluding tert-OH is 1. The second-order valence-electron chi connectivity index (χ2n) is 6.54. The summed E-state index contributed by atoms with van der Waals surface area (Å²) in [7, 11) is 7.81. The van der Waals surface area contributed by atoms with Crippen LogP contribution in [-0.2, 0) is 37.9 Å². The average molecular weight is 380 g/mol. The van der Waals surface area contributed by atoms with Crippen LogP contribution in [0.25, 0.3) is 0 Å². The Bertz CT molecular complexity index is 423. The second-order valence-corrected chi connectivity index (χ2v) is 6.54. The van der Waals surface area contributed by atoms with Crippen LogP contribution in [0.5, 0.6) is 0 Å². The molecular weight excluding hydrogens is 348 g/mol. The Labute approximate surface area is 154 Å². The van der Waals surface area contributed by atoms with Gasteiger partial charge in [0.2, 0.25) is 0 Å². The standard InChI is InChI=1S/C17H32O9/c1-8-10(19-3)12(21-5)14(16(18)24-8)26-17-15(23-7)13(22-6)11(20-4)9(2)25-17/h8-18H,1-7H3/t8-,9-,10-,11-,12+,13+,14+,15+,16+,17-/m0/s1.